The number of halogens is 1. The van der Waals surface area contributed by atoms with Gasteiger partial charge in [0.2, 0.25) is 0 Å². The number of carbonyl (C=O) groups is 1. The van der Waals surface area contributed by atoms with Crippen molar-refractivity contribution < 1.29 is 9.53 Å². The van der Waals surface area contributed by atoms with Crippen molar-refractivity contribution in [3.05, 3.63) is 28.2 Å². The largest absolute Gasteiger partial charge is 0.496 e. The minimum atomic E-state index is 0.104. The summed E-state index contributed by atoms with van der Waals surface area (Å²) >= 11 is 3.42. The molecule has 3 nitrogen and oxygen atoms in total. The second-order valence-electron chi connectivity index (χ2n) is 6.34. The maximum atomic E-state index is 12.7. The Bertz CT molecular complexity index is 528. The van der Waals surface area contributed by atoms with E-state index in [1.807, 2.05) is 23.1 Å². The predicted molar refractivity (Wildman–Crippen MR) is 86.7 cm³/mol. The molecule has 0 radical (unpaired) electrons. The van der Waals surface area contributed by atoms with Crippen molar-refractivity contribution in [3.63, 3.8) is 0 Å². The molecule has 0 atom stereocenters. The number of likely N-dealkylation sites (tertiary alicyclic amines) is 1. The van der Waals surface area contributed by atoms with Gasteiger partial charge in [-0.25, -0.2) is 0 Å². The van der Waals surface area contributed by atoms with Crippen LogP contribution in [0.5, 0.6) is 5.75 Å². The number of hydrogen-bond acceptors (Lipinski definition) is 2. The highest BCUT2D eigenvalue weighted by Crippen LogP contribution is 2.46. The molecule has 1 amide bonds. The van der Waals surface area contributed by atoms with Crippen LogP contribution in [-0.4, -0.2) is 31.0 Å². The number of ether oxygens (including phenoxy) is 1. The summed E-state index contributed by atoms with van der Waals surface area (Å²) in [6.45, 7) is 1.77. The molecular weight excluding hydrogens is 330 g/mol. The number of methoxy groups -OCH3 is 1. The lowest BCUT2D eigenvalue weighted by Crippen LogP contribution is -2.42. The van der Waals surface area contributed by atoms with E-state index >= 15 is 0 Å². The molecule has 21 heavy (non-hydrogen) atoms. The topological polar surface area (TPSA) is 29.5 Å². The molecule has 2 aliphatic rings. The second kappa shape index (κ2) is 5.99. The maximum absolute atomic E-state index is 12.7. The third-order valence-corrected chi connectivity index (χ3v) is 5.66. The van der Waals surface area contributed by atoms with Crippen LogP contribution in [0.15, 0.2) is 22.7 Å². The van der Waals surface area contributed by atoms with Crippen LogP contribution in [0.2, 0.25) is 0 Å². The third-order valence-electron chi connectivity index (χ3n) is 5.17. The SMILES string of the molecule is COc1cc(Br)ccc1C(=O)N1CCC2(CCCC2)CC1. The first-order chi connectivity index (χ1) is 10.1. The van der Waals surface area contributed by atoms with Crippen LogP contribution in [0, 0.1) is 5.41 Å². The van der Waals surface area contributed by atoms with E-state index in [0.29, 0.717) is 16.7 Å². The fourth-order valence-electron chi connectivity index (χ4n) is 3.82. The number of rotatable bonds is 2. The van der Waals surface area contributed by atoms with Crippen molar-refractivity contribution in [3.8, 4) is 5.75 Å². The zero-order valence-corrected chi connectivity index (χ0v) is 14.1. The van der Waals surface area contributed by atoms with Crippen LogP contribution in [0.4, 0.5) is 0 Å². The van der Waals surface area contributed by atoms with Crippen LogP contribution in [0.1, 0.15) is 48.9 Å². The summed E-state index contributed by atoms with van der Waals surface area (Å²) in [4.78, 5) is 14.7. The third kappa shape index (κ3) is 2.96. The Labute approximate surface area is 134 Å². The number of carbonyl (C=O) groups excluding carboxylic acids is 1. The summed E-state index contributed by atoms with van der Waals surface area (Å²) in [5.41, 5.74) is 1.21. The van der Waals surface area contributed by atoms with Crippen LogP contribution in [0.3, 0.4) is 0 Å². The van der Waals surface area contributed by atoms with Gasteiger partial charge in [-0.15, -0.1) is 0 Å². The zero-order chi connectivity index (χ0) is 14.9. The first-order valence-corrected chi connectivity index (χ1v) is 8.56. The van der Waals surface area contributed by atoms with Crippen LogP contribution in [-0.2, 0) is 0 Å². The molecule has 1 saturated heterocycles. The van der Waals surface area contributed by atoms with Crippen molar-refractivity contribution in [2.45, 2.75) is 38.5 Å². The highest BCUT2D eigenvalue weighted by molar-refractivity contribution is 9.10. The van der Waals surface area contributed by atoms with E-state index in [4.69, 9.17) is 4.74 Å². The van der Waals surface area contributed by atoms with Crippen molar-refractivity contribution in [2.24, 2.45) is 5.41 Å². The van der Waals surface area contributed by atoms with Gasteiger partial charge in [0.15, 0.2) is 0 Å². The number of piperidine rings is 1. The van der Waals surface area contributed by atoms with E-state index in [9.17, 15) is 4.79 Å². The van der Waals surface area contributed by atoms with E-state index in [1.165, 1.54) is 25.7 Å². The molecule has 1 saturated carbocycles. The normalized spacial score (nSPS) is 20.8. The fourth-order valence-corrected chi connectivity index (χ4v) is 4.16. The zero-order valence-electron chi connectivity index (χ0n) is 12.5. The summed E-state index contributed by atoms with van der Waals surface area (Å²) in [6.07, 6.45) is 7.78. The molecule has 1 spiro atoms. The monoisotopic (exact) mass is 351 g/mol. The fraction of sp³-hybridized carbons (Fsp3) is 0.588. The van der Waals surface area contributed by atoms with Crippen molar-refractivity contribution in [1.29, 1.82) is 0 Å². The van der Waals surface area contributed by atoms with Gasteiger partial charge < -0.3 is 9.64 Å². The van der Waals surface area contributed by atoms with Gasteiger partial charge in [0.1, 0.15) is 5.75 Å². The second-order valence-corrected chi connectivity index (χ2v) is 7.26. The van der Waals surface area contributed by atoms with Crippen LogP contribution >= 0.6 is 15.9 Å². The van der Waals surface area contributed by atoms with Gasteiger partial charge in [-0.3, -0.25) is 4.79 Å². The Morgan fingerprint density at radius 1 is 1.19 bits per heavy atom. The Hall–Kier alpha value is -1.03. The molecule has 2 fully saturated rings. The van der Waals surface area contributed by atoms with E-state index in [0.717, 1.165) is 30.4 Å². The van der Waals surface area contributed by atoms with Gasteiger partial charge in [0, 0.05) is 17.6 Å². The minimum absolute atomic E-state index is 0.104. The molecule has 114 valence electrons. The standard InChI is InChI=1S/C17H22BrNO2/c1-21-15-12-13(18)4-5-14(15)16(20)19-10-8-17(9-11-19)6-2-3-7-17/h4-5,12H,2-3,6-11H2,1H3. The van der Waals surface area contributed by atoms with Gasteiger partial charge in [0.05, 0.1) is 12.7 Å². The molecular formula is C17H22BrNO2. The highest BCUT2D eigenvalue weighted by atomic mass is 79.9. The molecule has 1 aromatic rings. The molecule has 0 unspecified atom stereocenters. The summed E-state index contributed by atoms with van der Waals surface area (Å²) in [5.74, 6) is 0.753. The molecule has 0 aromatic heterocycles. The highest BCUT2D eigenvalue weighted by Gasteiger charge is 2.38. The van der Waals surface area contributed by atoms with Gasteiger partial charge >= 0.3 is 0 Å². The lowest BCUT2D eigenvalue weighted by Gasteiger charge is -2.39. The molecule has 0 bridgehead atoms. The van der Waals surface area contributed by atoms with E-state index in [2.05, 4.69) is 15.9 Å². The van der Waals surface area contributed by atoms with Crippen LogP contribution < -0.4 is 4.74 Å². The van der Waals surface area contributed by atoms with Gasteiger partial charge in [-0.05, 0) is 49.3 Å². The minimum Gasteiger partial charge on any atom is -0.496 e. The van der Waals surface area contributed by atoms with Crippen molar-refractivity contribution in [2.75, 3.05) is 20.2 Å². The first-order valence-electron chi connectivity index (χ1n) is 7.76. The summed E-state index contributed by atoms with van der Waals surface area (Å²) in [5, 5.41) is 0. The van der Waals surface area contributed by atoms with Crippen molar-refractivity contribution in [1.82, 2.24) is 4.90 Å². The predicted octanol–water partition coefficient (Wildman–Crippen LogP) is 4.25. The molecule has 3 rings (SSSR count). The lowest BCUT2D eigenvalue weighted by molar-refractivity contribution is 0.0584. The Morgan fingerprint density at radius 3 is 2.48 bits per heavy atom. The van der Waals surface area contributed by atoms with Gasteiger partial charge in [-0.2, -0.15) is 0 Å². The number of amides is 1. The summed E-state index contributed by atoms with van der Waals surface area (Å²) in [7, 11) is 1.61. The average molecular weight is 352 g/mol. The number of hydrogen-bond donors (Lipinski definition) is 0. The first kappa shape index (κ1) is 14.9. The number of nitrogens with zero attached hydrogens (tertiary/aromatic N) is 1. The average Bonchev–Trinajstić information content (AvgIpc) is 2.95. The number of benzene rings is 1. The molecule has 0 N–H and O–H groups in total. The Balaban J connectivity index is 1.72. The molecule has 4 heteroatoms. The Kier molecular flexibility index (Phi) is 4.25. The quantitative estimate of drug-likeness (QED) is 0.796. The lowest BCUT2D eigenvalue weighted by atomic mass is 9.77. The van der Waals surface area contributed by atoms with Gasteiger partial charge in [0.25, 0.3) is 5.91 Å². The van der Waals surface area contributed by atoms with Crippen LogP contribution in [0.25, 0.3) is 0 Å². The maximum Gasteiger partial charge on any atom is 0.257 e. The van der Waals surface area contributed by atoms with E-state index in [1.54, 1.807) is 7.11 Å². The summed E-state index contributed by atoms with van der Waals surface area (Å²) in [6, 6.07) is 5.61. The van der Waals surface area contributed by atoms with E-state index < -0.39 is 0 Å². The van der Waals surface area contributed by atoms with E-state index in [-0.39, 0.29) is 5.91 Å². The summed E-state index contributed by atoms with van der Waals surface area (Å²) < 4.78 is 6.28. The molecule has 1 heterocycles. The van der Waals surface area contributed by atoms with Gasteiger partial charge in [-0.1, -0.05) is 28.8 Å². The molecule has 1 aliphatic carbocycles. The molecule has 1 aliphatic heterocycles. The van der Waals surface area contributed by atoms with Crippen molar-refractivity contribution >= 4 is 21.8 Å². The smallest absolute Gasteiger partial charge is 0.257 e. The molecule has 1 aromatic carbocycles. The Morgan fingerprint density at radius 2 is 1.86 bits per heavy atom.